The molecule has 2 rings (SSSR count). The molecule has 1 saturated carbocycles. The van der Waals surface area contributed by atoms with E-state index in [2.05, 4.69) is 11.0 Å². The fourth-order valence-corrected chi connectivity index (χ4v) is 3.42. The van der Waals surface area contributed by atoms with Crippen molar-refractivity contribution in [3.63, 3.8) is 0 Å². The molecule has 2 aliphatic rings. The lowest BCUT2D eigenvalue weighted by atomic mass is 9.85. The van der Waals surface area contributed by atoms with Crippen LogP contribution in [0, 0.1) is 17.2 Å². The first-order valence-corrected chi connectivity index (χ1v) is 6.48. The molecular weight excluding hydrogens is 216 g/mol. The Morgan fingerprint density at radius 2 is 2.24 bits per heavy atom. The summed E-state index contributed by atoms with van der Waals surface area (Å²) in [5, 5.41) is 8.71. The quantitative estimate of drug-likeness (QED) is 0.700. The fourth-order valence-electron chi connectivity index (χ4n) is 3.42. The van der Waals surface area contributed by atoms with Gasteiger partial charge in [-0.1, -0.05) is 12.8 Å². The van der Waals surface area contributed by atoms with Crippen LogP contribution < -0.4 is 0 Å². The summed E-state index contributed by atoms with van der Waals surface area (Å²) >= 11 is 0. The van der Waals surface area contributed by atoms with Crippen molar-refractivity contribution >= 4 is 5.97 Å². The first-order chi connectivity index (χ1) is 8.27. The number of fused-ring (bicyclic) bond motifs is 1. The highest BCUT2D eigenvalue weighted by Crippen LogP contribution is 2.39. The van der Waals surface area contributed by atoms with Crippen molar-refractivity contribution in [2.75, 3.05) is 13.7 Å². The summed E-state index contributed by atoms with van der Waals surface area (Å²) in [6.45, 7) is 0.706. The number of ether oxygens (including phenoxy) is 1. The molecule has 0 aromatic carbocycles. The van der Waals surface area contributed by atoms with E-state index in [4.69, 9.17) is 10.00 Å². The Morgan fingerprint density at radius 3 is 2.94 bits per heavy atom. The van der Waals surface area contributed by atoms with Crippen LogP contribution in [0.25, 0.3) is 0 Å². The lowest BCUT2D eigenvalue weighted by molar-refractivity contribution is -0.146. The van der Waals surface area contributed by atoms with Crippen molar-refractivity contribution in [1.82, 2.24) is 4.90 Å². The smallest absolute Gasteiger partial charge is 0.323 e. The van der Waals surface area contributed by atoms with E-state index in [9.17, 15) is 4.79 Å². The van der Waals surface area contributed by atoms with Crippen LogP contribution in [0.3, 0.4) is 0 Å². The van der Waals surface area contributed by atoms with E-state index in [1.54, 1.807) is 0 Å². The molecule has 0 radical (unpaired) electrons. The SMILES string of the molecule is COC(=O)[C@@H]1C[C@H]2CCCC[C@@H]2N1CCC#N. The van der Waals surface area contributed by atoms with Gasteiger partial charge >= 0.3 is 5.97 Å². The van der Waals surface area contributed by atoms with Gasteiger partial charge in [-0.15, -0.1) is 0 Å². The summed E-state index contributed by atoms with van der Waals surface area (Å²) in [6.07, 6.45) is 6.34. The molecule has 1 saturated heterocycles. The van der Waals surface area contributed by atoms with Crippen molar-refractivity contribution in [2.45, 2.75) is 50.6 Å². The monoisotopic (exact) mass is 236 g/mol. The Labute approximate surface area is 103 Å². The zero-order valence-corrected chi connectivity index (χ0v) is 10.4. The van der Waals surface area contributed by atoms with Gasteiger partial charge in [-0.2, -0.15) is 5.26 Å². The molecule has 4 heteroatoms. The van der Waals surface area contributed by atoms with Crippen molar-refractivity contribution < 1.29 is 9.53 Å². The first-order valence-electron chi connectivity index (χ1n) is 6.48. The number of likely N-dealkylation sites (tertiary alicyclic amines) is 1. The van der Waals surface area contributed by atoms with Crippen LogP contribution in [0.2, 0.25) is 0 Å². The van der Waals surface area contributed by atoms with Gasteiger partial charge in [0.1, 0.15) is 6.04 Å². The lowest BCUT2D eigenvalue weighted by Crippen LogP contribution is -2.43. The van der Waals surface area contributed by atoms with Gasteiger partial charge in [-0.05, 0) is 25.2 Å². The summed E-state index contributed by atoms with van der Waals surface area (Å²) in [7, 11) is 1.45. The summed E-state index contributed by atoms with van der Waals surface area (Å²) in [5.41, 5.74) is 0. The first kappa shape index (κ1) is 12.4. The second kappa shape index (κ2) is 5.50. The number of esters is 1. The number of nitrogens with zero attached hydrogens (tertiary/aromatic N) is 2. The predicted octanol–water partition coefficient (Wildman–Crippen LogP) is 1.71. The average Bonchev–Trinajstić information content (AvgIpc) is 2.74. The maximum absolute atomic E-state index is 11.8. The van der Waals surface area contributed by atoms with E-state index in [0.29, 0.717) is 24.9 Å². The molecule has 0 unspecified atom stereocenters. The molecule has 0 N–H and O–H groups in total. The van der Waals surface area contributed by atoms with E-state index in [1.807, 2.05) is 0 Å². The van der Waals surface area contributed by atoms with Gasteiger partial charge < -0.3 is 4.74 Å². The third-order valence-corrected chi connectivity index (χ3v) is 4.18. The highest BCUT2D eigenvalue weighted by Gasteiger charge is 2.45. The summed E-state index contributed by atoms with van der Waals surface area (Å²) < 4.78 is 4.89. The molecule has 1 heterocycles. The number of carbonyl (C=O) groups excluding carboxylic acids is 1. The van der Waals surface area contributed by atoms with Crippen molar-refractivity contribution in [3.05, 3.63) is 0 Å². The van der Waals surface area contributed by atoms with Gasteiger partial charge in [-0.3, -0.25) is 9.69 Å². The molecule has 1 aliphatic heterocycles. The predicted molar refractivity (Wildman–Crippen MR) is 63.1 cm³/mol. The van der Waals surface area contributed by atoms with Crippen LogP contribution in [-0.2, 0) is 9.53 Å². The summed E-state index contributed by atoms with van der Waals surface area (Å²) in [5.74, 6) is 0.504. The Hall–Kier alpha value is -1.08. The topological polar surface area (TPSA) is 53.3 Å². The van der Waals surface area contributed by atoms with Gasteiger partial charge in [0.05, 0.1) is 13.2 Å². The third kappa shape index (κ3) is 2.44. The van der Waals surface area contributed by atoms with Gasteiger partial charge in [0.2, 0.25) is 0 Å². The Morgan fingerprint density at radius 1 is 1.47 bits per heavy atom. The molecule has 0 aromatic rings. The second-order valence-corrected chi connectivity index (χ2v) is 5.03. The molecule has 0 bridgehead atoms. The minimum atomic E-state index is -0.127. The molecule has 3 atom stereocenters. The fraction of sp³-hybridized carbons (Fsp3) is 0.846. The van der Waals surface area contributed by atoms with Crippen LogP contribution in [-0.4, -0.2) is 36.6 Å². The van der Waals surface area contributed by atoms with E-state index in [0.717, 1.165) is 6.42 Å². The van der Waals surface area contributed by atoms with Crippen LogP contribution in [0.5, 0.6) is 0 Å². The Bertz CT molecular complexity index is 324. The average molecular weight is 236 g/mol. The highest BCUT2D eigenvalue weighted by molar-refractivity contribution is 5.76. The number of rotatable bonds is 3. The van der Waals surface area contributed by atoms with Crippen LogP contribution in [0.4, 0.5) is 0 Å². The number of methoxy groups -OCH3 is 1. The molecule has 94 valence electrons. The molecule has 0 amide bonds. The minimum Gasteiger partial charge on any atom is -0.468 e. The third-order valence-electron chi connectivity index (χ3n) is 4.18. The molecule has 4 nitrogen and oxygen atoms in total. The number of hydrogen-bond donors (Lipinski definition) is 0. The van der Waals surface area contributed by atoms with Gasteiger partial charge in [0.15, 0.2) is 0 Å². The maximum Gasteiger partial charge on any atom is 0.323 e. The van der Waals surface area contributed by atoms with Crippen molar-refractivity contribution in [3.8, 4) is 6.07 Å². The largest absolute Gasteiger partial charge is 0.468 e. The highest BCUT2D eigenvalue weighted by atomic mass is 16.5. The zero-order chi connectivity index (χ0) is 12.3. The summed E-state index contributed by atoms with van der Waals surface area (Å²) in [4.78, 5) is 14.0. The molecule has 0 spiro atoms. The number of carbonyl (C=O) groups is 1. The second-order valence-electron chi connectivity index (χ2n) is 5.03. The number of hydrogen-bond acceptors (Lipinski definition) is 4. The van der Waals surface area contributed by atoms with Crippen LogP contribution >= 0.6 is 0 Å². The van der Waals surface area contributed by atoms with E-state index >= 15 is 0 Å². The van der Waals surface area contributed by atoms with Gasteiger partial charge in [0.25, 0.3) is 0 Å². The van der Waals surface area contributed by atoms with Crippen LogP contribution in [0.1, 0.15) is 38.5 Å². The molecular formula is C13H20N2O2. The molecule has 1 aliphatic carbocycles. The van der Waals surface area contributed by atoms with Gasteiger partial charge in [0, 0.05) is 19.0 Å². The normalized spacial score (nSPS) is 32.8. The maximum atomic E-state index is 11.8. The Balaban J connectivity index is 2.09. The van der Waals surface area contributed by atoms with Crippen LogP contribution in [0.15, 0.2) is 0 Å². The molecule has 0 aromatic heterocycles. The minimum absolute atomic E-state index is 0.110. The molecule has 17 heavy (non-hydrogen) atoms. The number of nitriles is 1. The van der Waals surface area contributed by atoms with Gasteiger partial charge in [-0.25, -0.2) is 0 Å². The van der Waals surface area contributed by atoms with E-state index < -0.39 is 0 Å². The van der Waals surface area contributed by atoms with Crippen molar-refractivity contribution in [2.24, 2.45) is 5.92 Å². The summed E-state index contributed by atoms with van der Waals surface area (Å²) in [6, 6.07) is 2.57. The zero-order valence-electron chi connectivity index (χ0n) is 10.4. The standard InChI is InChI=1S/C13H20N2O2/c1-17-13(16)12-9-10-5-2-3-6-11(10)15(12)8-4-7-14/h10-12H,2-6,8-9H2,1H3/t10-,11+,12+/m1/s1. The lowest BCUT2D eigenvalue weighted by Gasteiger charge is -2.32. The van der Waals surface area contributed by atoms with E-state index in [1.165, 1.54) is 32.8 Å². The van der Waals surface area contributed by atoms with Crippen molar-refractivity contribution in [1.29, 1.82) is 5.26 Å². The Kier molecular flexibility index (Phi) is 4.01. The molecule has 2 fully saturated rings. The van der Waals surface area contributed by atoms with E-state index in [-0.39, 0.29) is 12.0 Å².